The van der Waals surface area contributed by atoms with Crippen molar-refractivity contribution in [3.05, 3.63) is 0 Å². The Bertz CT molecular complexity index is 346. The van der Waals surface area contributed by atoms with Crippen LogP contribution in [0.4, 0.5) is 0 Å². The predicted octanol–water partition coefficient (Wildman–Crippen LogP) is 3.16. The largest absolute Gasteiger partial charge is 0.287 e. The molecule has 3 rings (SSSR count). The van der Waals surface area contributed by atoms with Crippen LogP contribution in [-0.4, -0.2) is 52.3 Å². The summed E-state index contributed by atoms with van der Waals surface area (Å²) in [6.07, 6.45) is 7.35. The van der Waals surface area contributed by atoms with Crippen molar-refractivity contribution in [2.24, 2.45) is 0 Å². The Morgan fingerprint density at radius 2 is 1.37 bits per heavy atom. The van der Waals surface area contributed by atoms with E-state index in [1.54, 1.807) is 0 Å². The summed E-state index contributed by atoms with van der Waals surface area (Å²) in [4.78, 5) is 0. The molecule has 3 aliphatic rings. The van der Waals surface area contributed by atoms with Crippen LogP contribution in [0.1, 0.15) is 52.4 Å². The highest BCUT2D eigenvalue weighted by Gasteiger charge is 2.59. The second-order valence-corrected chi connectivity index (χ2v) is 8.87. The van der Waals surface area contributed by atoms with E-state index in [1.807, 2.05) is 0 Å². The van der Waals surface area contributed by atoms with Gasteiger partial charge in [0.1, 0.15) is 0 Å². The van der Waals surface area contributed by atoms with Crippen LogP contribution in [0.15, 0.2) is 0 Å². The van der Waals surface area contributed by atoms with E-state index >= 15 is 0 Å². The third-order valence-corrected chi connectivity index (χ3v) is 8.39. The van der Waals surface area contributed by atoms with Gasteiger partial charge in [0.05, 0.1) is 0 Å². The van der Waals surface area contributed by atoms with Crippen LogP contribution in [0.25, 0.3) is 0 Å². The number of hydrogen-bond donors (Lipinski definition) is 0. The van der Waals surface area contributed by atoms with Crippen LogP contribution < -0.4 is 0 Å². The fourth-order valence-corrected chi connectivity index (χ4v) is 7.17. The summed E-state index contributed by atoms with van der Waals surface area (Å²) in [5.41, 5.74) is 0. The van der Waals surface area contributed by atoms with Crippen molar-refractivity contribution in [2.45, 2.75) is 64.5 Å². The maximum atomic E-state index is 13.8. The molecule has 0 aromatic rings. The van der Waals surface area contributed by atoms with Gasteiger partial charge in [-0.2, -0.15) is 0 Å². The second kappa shape index (κ2) is 5.48. The SMILES string of the molecule is CCC1CN1P(=O)(N1CCCCCC1)N1CC1CC. The Hall–Kier alpha value is 0.110. The molecule has 3 heterocycles. The standard InChI is InChI=1S/C14H28N3OP/c1-3-13-11-16(13)19(18,17-12-14(17)4-2)15-9-7-5-6-8-10-15/h13-14H,3-12H2,1-2H3. The molecule has 3 fully saturated rings. The fraction of sp³-hybridized carbons (Fsp3) is 1.00. The molecule has 0 N–H and O–H groups in total. The molecular formula is C14H28N3OP. The average Bonchev–Trinajstić information content (AvgIpc) is 3.34. The van der Waals surface area contributed by atoms with Crippen LogP contribution >= 0.6 is 7.59 Å². The molecule has 4 nitrogen and oxygen atoms in total. The van der Waals surface area contributed by atoms with E-state index in [1.165, 1.54) is 25.7 Å². The van der Waals surface area contributed by atoms with Gasteiger partial charge in [0.15, 0.2) is 0 Å². The van der Waals surface area contributed by atoms with Gasteiger partial charge in [-0.3, -0.25) is 4.57 Å². The van der Waals surface area contributed by atoms with E-state index in [-0.39, 0.29) is 0 Å². The minimum Gasteiger partial charge on any atom is -0.270 e. The normalized spacial score (nSPS) is 42.4. The quantitative estimate of drug-likeness (QED) is 0.572. The highest BCUT2D eigenvalue weighted by atomic mass is 31.2. The van der Waals surface area contributed by atoms with Crippen molar-refractivity contribution in [2.75, 3.05) is 26.2 Å². The first-order valence-corrected chi connectivity index (χ1v) is 9.68. The molecule has 19 heavy (non-hydrogen) atoms. The molecule has 0 radical (unpaired) electrons. The predicted molar refractivity (Wildman–Crippen MR) is 79.2 cm³/mol. The molecule has 110 valence electrons. The molecule has 0 bridgehead atoms. The summed E-state index contributed by atoms with van der Waals surface area (Å²) in [6.45, 7) is 8.62. The van der Waals surface area contributed by atoms with Gasteiger partial charge in [-0.05, 0) is 25.7 Å². The first-order valence-electron chi connectivity index (χ1n) is 8.11. The summed E-state index contributed by atoms with van der Waals surface area (Å²) >= 11 is 0. The van der Waals surface area contributed by atoms with Gasteiger partial charge in [0.2, 0.25) is 0 Å². The minimum absolute atomic E-state index is 0.576. The number of hydrogen-bond acceptors (Lipinski definition) is 1. The van der Waals surface area contributed by atoms with Gasteiger partial charge in [0.25, 0.3) is 7.59 Å². The van der Waals surface area contributed by atoms with Gasteiger partial charge in [-0.25, -0.2) is 14.0 Å². The third kappa shape index (κ3) is 2.53. The van der Waals surface area contributed by atoms with Crippen molar-refractivity contribution in [3.8, 4) is 0 Å². The second-order valence-electron chi connectivity index (χ2n) is 6.25. The fourth-order valence-electron chi connectivity index (χ4n) is 3.44. The lowest BCUT2D eigenvalue weighted by Crippen LogP contribution is -2.29. The van der Waals surface area contributed by atoms with Gasteiger partial charge in [-0.15, -0.1) is 0 Å². The van der Waals surface area contributed by atoms with Crippen molar-refractivity contribution < 1.29 is 4.57 Å². The molecular weight excluding hydrogens is 257 g/mol. The molecule has 0 aromatic carbocycles. The summed E-state index contributed by atoms with van der Waals surface area (Å²) in [6, 6.07) is 1.15. The van der Waals surface area contributed by atoms with Crippen LogP contribution in [-0.2, 0) is 4.57 Å². The average molecular weight is 285 g/mol. The zero-order valence-corrected chi connectivity index (χ0v) is 13.3. The highest BCUT2D eigenvalue weighted by molar-refractivity contribution is 7.57. The van der Waals surface area contributed by atoms with E-state index in [2.05, 4.69) is 27.9 Å². The maximum Gasteiger partial charge on any atom is 0.287 e. The molecule has 5 heteroatoms. The van der Waals surface area contributed by atoms with Gasteiger partial charge in [0, 0.05) is 38.3 Å². The third-order valence-electron chi connectivity index (χ3n) is 4.93. The van der Waals surface area contributed by atoms with Gasteiger partial charge < -0.3 is 0 Å². The highest BCUT2D eigenvalue weighted by Crippen LogP contribution is 2.67. The topological polar surface area (TPSA) is 26.3 Å². The van der Waals surface area contributed by atoms with Crippen LogP contribution in [0.5, 0.6) is 0 Å². The number of nitrogens with zero attached hydrogens (tertiary/aromatic N) is 3. The first kappa shape index (κ1) is 14.1. The smallest absolute Gasteiger partial charge is 0.270 e. The Balaban J connectivity index is 1.78. The lowest BCUT2D eigenvalue weighted by molar-refractivity contribution is 0.363. The van der Waals surface area contributed by atoms with Crippen LogP contribution in [0, 0.1) is 0 Å². The van der Waals surface area contributed by atoms with Crippen LogP contribution in [0.2, 0.25) is 0 Å². The molecule has 4 unspecified atom stereocenters. The van der Waals surface area contributed by atoms with E-state index in [0.717, 1.165) is 39.0 Å². The van der Waals surface area contributed by atoms with Crippen molar-refractivity contribution in [3.63, 3.8) is 0 Å². The van der Waals surface area contributed by atoms with Crippen molar-refractivity contribution in [1.29, 1.82) is 0 Å². The lowest BCUT2D eigenvalue weighted by Gasteiger charge is -2.33. The molecule has 0 aliphatic carbocycles. The van der Waals surface area contributed by atoms with E-state index in [9.17, 15) is 4.57 Å². The van der Waals surface area contributed by atoms with Crippen molar-refractivity contribution >= 4 is 7.59 Å². The summed E-state index contributed by atoms with van der Waals surface area (Å²) in [5, 5.41) is 0. The molecule has 4 atom stereocenters. The van der Waals surface area contributed by atoms with Gasteiger partial charge in [-0.1, -0.05) is 26.7 Å². The monoisotopic (exact) mass is 285 g/mol. The molecule has 3 saturated heterocycles. The Morgan fingerprint density at radius 3 is 1.74 bits per heavy atom. The van der Waals surface area contributed by atoms with E-state index < -0.39 is 7.59 Å². The Labute approximate surface area is 117 Å². The summed E-state index contributed by atoms with van der Waals surface area (Å²) in [5.74, 6) is 0. The Kier molecular flexibility index (Phi) is 4.05. The summed E-state index contributed by atoms with van der Waals surface area (Å²) in [7, 11) is -2.39. The van der Waals surface area contributed by atoms with E-state index in [0.29, 0.717) is 12.1 Å². The van der Waals surface area contributed by atoms with Crippen LogP contribution in [0.3, 0.4) is 0 Å². The van der Waals surface area contributed by atoms with Crippen molar-refractivity contribution in [1.82, 2.24) is 14.0 Å². The minimum atomic E-state index is -2.39. The van der Waals surface area contributed by atoms with E-state index in [4.69, 9.17) is 0 Å². The molecule has 0 amide bonds. The van der Waals surface area contributed by atoms with Gasteiger partial charge >= 0.3 is 0 Å². The zero-order chi connectivity index (χ0) is 13.5. The molecule has 0 saturated carbocycles. The molecule has 0 aromatic heterocycles. The molecule has 0 spiro atoms. The maximum absolute atomic E-state index is 13.8. The zero-order valence-electron chi connectivity index (χ0n) is 12.4. The lowest BCUT2D eigenvalue weighted by atomic mass is 10.2. The number of rotatable bonds is 5. The Morgan fingerprint density at radius 1 is 0.895 bits per heavy atom. The first-order chi connectivity index (χ1) is 9.21. The summed E-state index contributed by atoms with van der Waals surface area (Å²) < 4.78 is 20.7. The molecule has 3 aliphatic heterocycles.